The summed E-state index contributed by atoms with van der Waals surface area (Å²) in [5, 5.41) is 9.14. The monoisotopic (exact) mass is 424 g/mol. The number of carbonyl (C=O) groups is 1. The third-order valence-corrected chi connectivity index (χ3v) is 4.64. The molecular formula is C18H15Cl2FN4O3. The van der Waals surface area contributed by atoms with Gasteiger partial charge in [0.1, 0.15) is 12.4 Å². The number of hydrogen-bond acceptors (Lipinski definition) is 5. The van der Waals surface area contributed by atoms with Crippen LogP contribution in [0.2, 0.25) is 10.0 Å². The lowest BCUT2D eigenvalue weighted by molar-refractivity contribution is -0.137. The van der Waals surface area contributed by atoms with Gasteiger partial charge in [-0.2, -0.15) is 0 Å². The molecule has 0 radical (unpaired) electrons. The lowest BCUT2D eigenvalue weighted by Crippen LogP contribution is -2.06. The maximum absolute atomic E-state index is 13.6. The summed E-state index contributed by atoms with van der Waals surface area (Å²) < 4.78 is 20.7. The minimum absolute atomic E-state index is 0.0417. The van der Waals surface area contributed by atoms with Crippen molar-refractivity contribution >= 4 is 35.0 Å². The lowest BCUT2D eigenvalue weighted by atomic mass is 10.1. The Morgan fingerprint density at radius 3 is 2.86 bits per heavy atom. The number of nitrogen functional groups attached to an aromatic ring is 1. The molecule has 0 unspecified atom stereocenters. The molecule has 0 aliphatic heterocycles. The molecule has 0 atom stereocenters. The van der Waals surface area contributed by atoms with Crippen LogP contribution in [0.1, 0.15) is 5.56 Å². The Morgan fingerprint density at radius 1 is 1.32 bits per heavy atom. The highest BCUT2D eigenvalue weighted by Gasteiger charge is 2.13. The summed E-state index contributed by atoms with van der Waals surface area (Å²) in [6, 6.07) is 4.27. The summed E-state index contributed by atoms with van der Waals surface area (Å²) in [4.78, 5) is 19.0. The van der Waals surface area contributed by atoms with Crippen molar-refractivity contribution in [3.63, 3.8) is 0 Å². The number of anilines is 1. The summed E-state index contributed by atoms with van der Waals surface area (Å²) in [7, 11) is 0. The molecule has 0 spiro atoms. The van der Waals surface area contributed by atoms with Gasteiger partial charge in [0, 0.05) is 29.4 Å². The molecule has 1 aromatic carbocycles. The number of nitrogens with two attached hydrogens (primary N) is 1. The third-order valence-electron chi connectivity index (χ3n) is 3.88. The number of aromatic nitrogens is 3. The van der Waals surface area contributed by atoms with E-state index in [9.17, 15) is 9.18 Å². The average Bonchev–Trinajstić information content (AvgIpc) is 3.10. The van der Waals surface area contributed by atoms with Crippen LogP contribution >= 0.6 is 23.2 Å². The van der Waals surface area contributed by atoms with E-state index in [1.54, 1.807) is 12.3 Å². The number of rotatable bonds is 7. The molecule has 0 aliphatic rings. The Balaban J connectivity index is 1.73. The summed E-state index contributed by atoms with van der Waals surface area (Å²) >= 11 is 12.0. The fraction of sp³-hybridized carbons (Fsp3) is 0.167. The molecule has 2 heterocycles. The van der Waals surface area contributed by atoms with Crippen molar-refractivity contribution in [3.05, 3.63) is 58.3 Å². The number of benzene rings is 1. The number of carboxylic acid groups (broad SMARTS) is 1. The van der Waals surface area contributed by atoms with Crippen molar-refractivity contribution in [3.8, 4) is 17.0 Å². The first-order chi connectivity index (χ1) is 13.3. The molecule has 2 aromatic heterocycles. The number of ether oxygens (including phenoxy) is 1. The van der Waals surface area contributed by atoms with Gasteiger partial charge in [0.25, 0.3) is 0 Å². The fourth-order valence-electron chi connectivity index (χ4n) is 2.52. The van der Waals surface area contributed by atoms with Crippen LogP contribution in [-0.2, 0) is 17.8 Å². The van der Waals surface area contributed by atoms with Crippen LogP contribution in [-0.4, -0.2) is 32.2 Å². The number of halogens is 3. The van der Waals surface area contributed by atoms with Crippen molar-refractivity contribution < 1.29 is 19.0 Å². The molecule has 7 nitrogen and oxygen atoms in total. The van der Waals surface area contributed by atoms with E-state index in [0.717, 1.165) is 0 Å². The van der Waals surface area contributed by atoms with Gasteiger partial charge in [-0.05, 0) is 23.8 Å². The van der Waals surface area contributed by atoms with Crippen LogP contribution in [0.5, 0.6) is 5.75 Å². The normalized spacial score (nSPS) is 10.8. The summed E-state index contributed by atoms with van der Waals surface area (Å²) in [5.41, 5.74) is 7.42. The van der Waals surface area contributed by atoms with Crippen molar-refractivity contribution in [2.45, 2.75) is 13.0 Å². The first-order valence-corrected chi connectivity index (χ1v) is 8.85. The standard InChI is InChI=1S/C18H15Cl2FN4O3/c19-12-1-2-13(21)17(20)11(12)3-4-28-15-5-10(6-23-18(15)22)14-7-25(9-24-14)8-16(26)27/h1-2,5-7,9H,3-4,8H2,(H2,22,23)(H,26,27). The molecule has 10 heteroatoms. The van der Waals surface area contributed by atoms with E-state index in [1.165, 1.54) is 29.2 Å². The number of pyridine rings is 1. The minimum Gasteiger partial charge on any atom is -0.489 e. The maximum atomic E-state index is 13.6. The number of hydrogen-bond donors (Lipinski definition) is 2. The van der Waals surface area contributed by atoms with Crippen LogP contribution < -0.4 is 10.5 Å². The van der Waals surface area contributed by atoms with Gasteiger partial charge in [-0.25, -0.2) is 14.4 Å². The van der Waals surface area contributed by atoms with E-state index < -0.39 is 11.8 Å². The zero-order valence-electron chi connectivity index (χ0n) is 14.4. The van der Waals surface area contributed by atoms with Crippen molar-refractivity contribution in [2.75, 3.05) is 12.3 Å². The molecule has 28 heavy (non-hydrogen) atoms. The Kier molecular flexibility index (Phi) is 6.01. The molecule has 0 saturated heterocycles. The average molecular weight is 425 g/mol. The van der Waals surface area contributed by atoms with Crippen LogP contribution in [0.25, 0.3) is 11.3 Å². The predicted molar refractivity (Wildman–Crippen MR) is 103 cm³/mol. The van der Waals surface area contributed by atoms with Gasteiger partial charge in [-0.3, -0.25) is 4.79 Å². The van der Waals surface area contributed by atoms with Crippen LogP contribution in [0.15, 0.2) is 36.9 Å². The van der Waals surface area contributed by atoms with E-state index in [0.29, 0.717) is 27.6 Å². The van der Waals surface area contributed by atoms with E-state index in [1.807, 2.05) is 0 Å². The summed E-state index contributed by atoms with van der Waals surface area (Å²) in [5.74, 6) is -1.04. The van der Waals surface area contributed by atoms with Gasteiger partial charge in [0.05, 0.1) is 23.7 Å². The molecular weight excluding hydrogens is 410 g/mol. The Hall–Kier alpha value is -2.84. The zero-order chi connectivity index (χ0) is 20.3. The smallest absolute Gasteiger partial charge is 0.323 e. The molecule has 146 valence electrons. The molecule has 0 amide bonds. The second-order valence-electron chi connectivity index (χ2n) is 5.85. The minimum atomic E-state index is -0.974. The van der Waals surface area contributed by atoms with Gasteiger partial charge in [-0.15, -0.1) is 0 Å². The molecule has 0 fully saturated rings. The Bertz CT molecular complexity index is 1030. The third kappa shape index (κ3) is 4.52. The van der Waals surface area contributed by atoms with Crippen LogP contribution in [0.4, 0.5) is 10.2 Å². The first kappa shape index (κ1) is 19.9. The maximum Gasteiger partial charge on any atom is 0.323 e. The molecule has 0 aliphatic carbocycles. The van der Waals surface area contributed by atoms with Gasteiger partial charge in [0.2, 0.25) is 0 Å². The SMILES string of the molecule is Nc1ncc(-c2cn(CC(=O)O)cn2)cc1OCCc1c(Cl)ccc(F)c1Cl. The highest BCUT2D eigenvalue weighted by Crippen LogP contribution is 2.29. The van der Waals surface area contributed by atoms with Gasteiger partial charge < -0.3 is 20.1 Å². The van der Waals surface area contributed by atoms with Crippen molar-refractivity contribution in [1.82, 2.24) is 14.5 Å². The van der Waals surface area contributed by atoms with E-state index >= 15 is 0 Å². The molecule has 3 N–H and O–H groups in total. The second-order valence-corrected chi connectivity index (χ2v) is 6.64. The van der Waals surface area contributed by atoms with Crippen molar-refractivity contribution in [1.29, 1.82) is 0 Å². The highest BCUT2D eigenvalue weighted by molar-refractivity contribution is 6.36. The Labute approximate surface area is 169 Å². The summed E-state index contributed by atoms with van der Waals surface area (Å²) in [6.07, 6.45) is 4.77. The van der Waals surface area contributed by atoms with E-state index in [2.05, 4.69) is 9.97 Å². The van der Waals surface area contributed by atoms with E-state index in [-0.39, 0.29) is 30.4 Å². The molecule has 0 bridgehead atoms. The predicted octanol–water partition coefficient (Wildman–Crippen LogP) is 3.68. The van der Waals surface area contributed by atoms with Gasteiger partial charge in [0.15, 0.2) is 11.6 Å². The molecule has 3 rings (SSSR count). The number of aliphatic carboxylic acids is 1. The van der Waals surface area contributed by atoms with E-state index in [4.69, 9.17) is 38.8 Å². The topological polar surface area (TPSA) is 103 Å². The quantitative estimate of drug-likeness (QED) is 0.560. The Morgan fingerprint density at radius 2 is 2.11 bits per heavy atom. The highest BCUT2D eigenvalue weighted by atomic mass is 35.5. The number of nitrogens with zero attached hydrogens (tertiary/aromatic N) is 3. The second kappa shape index (κ2) is 8.45. The summed E-state index contributed by atoms with van der Waals surface area (Å²) in [6.45, 7) is -0.0560. The first-order valence-electron chi connectivity index (χ1n) is 8.09. The fourth-order valence-corrected chi connectivity index (χ4v) is 3.08. The zero-order valence-corrected chi connectivity index (χ0v) is 15.9. The van der Waals surface area contributed by atoms with Crippen LogP contribution in [0.3, 0.4) is 0 Å². The number of imidazole rings is 1. The molecule has 0 saturated carbocycles. The number of carboxylic acids is 1. The van der Waals surface area contributed by atoms with Crippen LogP contribution in [0, 0.1) is 5.82 Å². The lowest BCUT2D eigenvalue weighted by Gasteiger charge is -2.11. The van der Waals surface area contributed by atoms with Gasteiger partial charge >= 0.3 is 5.97 Å². The molecule has 3 aromatic rings. The van der Waals surface area contributed by atoms with Crippen molar-refractivity contribution in [2.24, 2.45) is 0 Å². The van der Waals surface area contributed by atoms with Gasteiger partial charge in [-0.1, -0.05) is 23.2 Å². The largest absolute Gasteiger partial charge is 0.489 e.